The van der Waals surface area contributed by atoms with Crippen LogP contribution in [0, 0.1) is 0 Å². The average Bonchev–Trinajstić information content (AvgIpc) is 4.11. The molecule has 9 aromatic carbocycles. The van der Waals surface area contributed by atoms with Crippen LogP contribution >= 0.6 is 0 Å². The summed E-state index contributed by atoms with van der Waals surface area (Å²) in [6.45, 7) is 0. The molecule has 0 N–H and O–H groups in total. The first kappa shape index (κ1) is 34.9. The molecule has 0 saturated carbocycles. The van der Waals surface area contributed by atoms with Crippen molar-refractivity contribution in [1.82, 2.24) is 24.1 Å². The number of hydrogen-bond acceptors (Lipinski definition) is 5. The largest absolute Gasteiger partial charge is 0.456 e. The molecule has 0 saturated heterocycles. The minimum Gasteiger partial charge on any atom is -0.456 e. The Morgan fingerprint density at radius 2 is 0.828 bits per heavy atom. The van der Waals surface area contributed by atoms with Crippen LogP contribution in [-0.2, 0) is 0 Å². The maximum atomic E-state index is 6.64. The zero-order valence-electron chi connectivity index (χ0n) is 34.1. The first-order chi connectivity index (χ1) is 31.7. The Kier molecular flexibility index (Phi) is 7.27. The van der Waals surface area contributed by atoms with E-state index in [1.54, 1.807) is 0 Å². The molecule has 64 heavy (non-hydrogen) atoms. The van der Waals surface area contributed by atoms with Gasteiger partial charge in [-0.1, -0.05) is 146 Å². The van der Waals surface area contributed by atoms with Crippen LogP contribution in [0.4, 0.5) is 0 Å². The first-order valence-corrected chi connectivity index (χ1v) is 21.4. The summed E-state index contributed by atoms with van der Waals surface area (Å²) in [6.07, 6.45) is 0. The molecular weight excluding hydrogens is 787 g/mol. The Bertz CT molecular complexity index is 4200. The maximum absolute atomic E-state index is 6.64. The monoisotopic (exact) mass is 819 g/mol. The molecule has 0 atom stereocenters. The molecule has 0 spiro atoms. The van der Waals surface area contributed by atoms with E-state index in [-0.39, 0.29) is 0 Å². The Labute approximate surface area is 364 Å². The maximum Gasteiger partial charge on any atom is 0.238 e. The van der Waals surface area contributed by atoms with Crippen LogP contribution in [-0.4, -0.2) is 24.1 Å². The minimum absolute atomic E-state index is 0.533. The average molecular weight is 820 g/mol. The van der Waals surface area contributed by atoms with E-state index in [2.05, 4.69) is 143 Å². The van der Waals surface area contributed by atoms with Gasteiger partial charge in [0.2, 0.25) is 5.95 Å². The number of rotatable bonds is 5. The van der Waals surface area contributed by atoms with Crippen LogP contribution < -0.4 is 0 Å². The first-order valence-electron chi connectivity index (χ1n) is 21.4. The zero-order valence-corrected chi connectivity index (χ0v) is 34.1. The van der Waals surface area contributed by atoms with Crippen LogP contribution in [0.25, 0.3) is 133 Å². The number of aromatic nitrogens is 5. The summed E-state index contributed by atoms with van der Waals surface area (Å²) in [7, 11) is 0. The second kappa shape index (κ2) is 13.3. The topological polar surface area (TPSA) is 74.8 Å². The zero-order chi connectivity index (χ0) is 41.9. The van der Waals surface area contributed by atoms with Gasteiger partial charge in [-0.2, -0.15) is 9.97 Å². The highest BCUT2D eigenvalue weighted by Crippen LogP contribution is 2.44. The van der Waals surface area contributed by atoms with Crippen LogP contribution in [0.15, 0.2) is 209 Å². The summed E-state index contributed by atoms with van der Waals surface area (Å²) in [5, 5.41) is 8.65. The Morgan fingerprint density at radius 3 is 1.52 bits per heavy atom. The number of hydrogen-bond donors (Lipinski definition) is 0. The summed E-state index contributed by atoms with van der Waals surface area (Å²) in [5.74, 6) is 1.69. The predicted molar refractivity (Wildman–Crippen MR) is 259 cm³/mol. The molecule has 0 amide bonds. The van der Waals surface area contributed by atoms with Gasteiger partial charge in [0, 0.05) is 60.3 Å². The highest BCUT2D eigenvalue weighted by Gasteiger charge is 2.24. The van der Waals surface area contributed by atoms with E-state index in [1.165, 1.54) is 0 Å². The van der Waals surface area contributed by atoms with Crippen LogP contribution in [0.3, 0.4) is 0 Å². The van der Waals surface area contributed by atoms with Gasteiger partial charge in [0.05, 0.1) is 27.8 Å². The lowest BCUT2D eigenvalue weighted by Crippen LogP contribution is -2.06. The third-order valence-corrected chi connectivity index (χ3v) is 12.8. The third kappa shape index (κ3) is 5.06. The summed E-state index contributed by atoms with van der Waals surface area (Å²) < 4.78 is 17.6. The standard InChI is InChI=1S/C57H33N5O2/c1-3-16-34(17-4-1)42-30-36(31-52-54(42)40-23-10-14-28-50(40)64-52)61-45-25-11-7-20-37(45)43-33-48-44(32-47(43)61)38-21-8-12-26-46(38)62(48)57-59-55(35-18-5-2-6-19-35)58-56(60-57)41-24-15-29-51-53(41)39-22-9-13-27-49(39)63-51/h1-33H. The van der Waals surface area contributed by atoms with Crippen molar-refractivity contribution in [2.24, 2.45) is 0 Å². The summed E-state index contributed by atoms with van der Waals surface area (Å²) >= 11 is 0. The fraction of sp³-hybridized carbons (Fsp3) is 0. The van der Waals surface area contributed by atoms with Crippen LogP contribution in [0.2, 0.25) is 0 Å². The van der Waals surface area contributed by atoms with Gasteiger partial charge < -0.3 is 13.4 Å². The van der Waals surface area contributed by atoms with Gasteiger partial charge in [-0.3, -0.25) is 4.57 Å². The van der Waals surface area contributed by atoms with Crippen molar-refractivity contribution in [3.05, 3.63) is 200 Å². The van der Waals surface area contributed by atoms with Crippen LogP contribution in [0.5, 0.6) is 0 Å². The van der Waals surface area contributed by atoms with E-state index in [0.29, 0.717) is 17.6 Å². The van der Waals surface area contributed by atoms with Crippen LogP contribution in [0.1, 0.15) is 0 Å². The van der Waals surface area contributed by atoms with Gasteiger partial charge in [0.1, 0.15) is 22.3 Å². The molecule has 0 bridgehead atoms. The molecule has 0 fully saturated rings. The van der Waals surface area contributed by atoms with Crippen molar-refractivity contribution in [2.45, 2.75) is 0 Å². The Morgan fingerprint density at radius 1 is 0.312 bits per heavy atom. The second-order valence-corrected chi connectivity index (χ2v) is 16.3. The summed E-state index contributed by atoms with van der Waals surface area (Å²) in [4.78, 5) is 15.8. The van der Waals surface area contributed by atoms with Gasteiger partial charge in [-0.15, -0.1) is 0 Å². The van der Waals surface area contributed by atoms with E-state index >= 15 is 0 Å². The lowest BCUT2D eigenvalue weighted by molar-refractivity contribution is 0.668. The molecule has 0 unspecified atom stereocenters. The van der Waals surface area contributed by atoms with E-state index in [9.17, 15) is 0 Å². The molecule has 5 heterocycles. The van der Waals surface area contributed by atoms with Crippen molar-refractivity contribution in [2.75, 3.05) is 0 Å². The molecule has 14 rings (SSSR count). The van der Waals surface area contributed by atoms with Gasteiger partial charge in [-0.05, 0) is 59.7 Å². The summed E-state index contributed by atoms with van der Waals surface area (Å²) in [6, 6.07) is 69.7. The fourth-order valence-electron chi connectivity index (χ4n) is 10.0. The number of benzene rings is 9. The van der Waals surface area contributed by atoms with Gasteiger partial charge >= 0.3 is 0 Å². The molecule has 7 nitrogen and oxygen atoms in total. The Balaban J connectivity index is 1.06. The van der Waals surface area contributed by atoms with E-state index in [4.69, 9.17) is 23.8 Å². The molecule has 5 aromatic heterocycles. The number of para-hydroxylation sites is 4. The second-order valence-electron chi connectivity index (χ2n) is 16.3. The van der Waals surface area contributed by atoms with E-state index < -0.39 is 0 Å². The van der Waals surface area contributed by atoms with Gasteiger partial charge in [0.15, 0.2) is 11.6 Å². The highest BCUT2D eigenvalue weighted by molar-refractivity contribution is 6.20. The van der Waals surface area contributed by atoms with Crippen molar-refractivity contribution >= 4 is 87.5 Å². The molecule has 7 heteroatoms. The summed E-state index contributed by atoms with van der Waals surface area (Å²) in [5.41, 5.74) is 12.6. The molecule has 0 aliphatic carbocycles. The lowest BCUT2D eigenvalue weighted by Gasteiger charge is -2.12. The molecule has 0 aliphatic rings. The van der Waals surface area contributed by atoms with Gasteiger partial charge in [0.25, 0.3) is 0 Å². The minimum atomic E-state index is 0.533. The quantitative estimate of drug-likeness (QED) is 0.173. The number of fused-ring (bicyclic) bond motifs is 12. The molecular formula is C57H33N5O2. The van der Waals surface area contributed by atoms with Crippen molar-refractivity contribution < 1.29 is 8.83 Å². The Hall–Kier alpha value is -8.81. The van der Waals surface area contributed by atoms with Crippen molar-refractivity contribution in [1.29, 1.82) is 0 Å². The lowest BCUT2D eigenvalue weighted by atomic mass is 9.98. The molecule has 298 valence electrons. The predicted octanol–water partition coefficient (Wildman–Crippen LogP) is 14.9. The van der Waals surface area contributed by atoms with E-state index in [1.807, 2.05) is 66.7 Å². The SMILES string of the molecule is c1ccc(-c2nc(-c3cccc4oc5ccccc5c34)nc(-n3c4ccccc4c4cc5c(cc43)c3ccccc3n5-c3cc(-c4ccccc4)c4c(c3)oc3ccccc34)n2)cc1. The third-order valence-electron chi connectivity index (χ3n) is 12.8. The number of furan rings is 2. The normalized spacial score (nSPS) is 12.1. The smallest absolute Gasteiger partial charge is 0.238 e. The molecule has 0 radical (unpaired) electrons. The van der Waals surface area contributed by atoms with Crippen molar-refractivity contribution in [3.8, 4) is 45.5 Å². The fourth-order valence-corrected chi connectivity index (χ4v) is 10.0. The molecule has 0 aliphatic heterocycles. The highest BCUT2D eigenvalue weighted by atomic mass is 16.3. The molecule has 14 aromatic rings. The number of nitrogens with zero attached hydrogens (tertiary/aromatic N) is 5. The van der Waals surface area contributed by atoms with E-state index in [0.717, 1.165) is 115 Å². The van der Waals surface area contributed by atoms with Gasteiger partial charge in [-0.25, -0.2) is 4.98 Å². The van der Waals surface area contributed by atoms with Crippen molar-refractivity contribution in [3.63, 3.8) is 0 Å².